The summed E-state index contributed by atoms with van der Waals surface area (Å²) >= 11 is 2.79. The number of hydrogen-bond acceptors (Lipinski definition) is 8. The molecular formula is C12H17N5O3S2. The third kappa shape index (κ3) is 2.24. The number of azo groups is 1. The number of β-lactam (4-membered cyclic amide) rings is 1. The summed E-state index contributed by atoms with van der Waals surface area (Å²) in [5.74, 6) is -0.672. The topological polar surface area (TPSA) is 121 Å². The molecule has 0 saturated carbocycles. The van der Waals surface area contributed by atoms with Crippen molar-refractivity contribution in [3.05, 3.63) is 0 Å². The molecular weight excluding hydrogens is 326 g/mol. The van der Waals surface area contributed by atoms with Crippen molar-refractivity contribution in [1.82, 2.24) is 4.90 Å². The molecule has 3 N–H and O–H groups in total. The van der Waals surface area contributed by atoms with Gasteiger partial charge in [-0.1, -0.05) is 6.92 Å². The second-order valence-electron chi connectivity index (χ2n) is 5.81. The zero-order valence-electron chi connectivity index (χ0n) is 12.2. The van der Waals surface area contributed by atoms with Crippen LogP contribution in [-0.4, -0.2) is 62.2 Å². The Bertz CT molecular complexity index is 571. The first-order valence-electron chi connectivity index (χ1n) is 6.84. The van der Waals surface area contributed by atoms with Gasteiger partial charge in [-0.3, -0.25) is 9.59 Å². The van der Waals surface area contributed by atoms with Gasteiger partial charge in [-0.25, -0.2) is 4.99 Å². The highest BCUT2D eigenvalue weighted by molar-refractivity contribution is 8.01. The van der Waals surface area contributed by atoms with E-state index in [1.165, 1.54) is 29.9 Å². The summed E-state index contributed by atoms with van der Waals surface area (Å²) in [5, 5.41) is 17.2. The van der Waals surface area contributed by atoms with Gasteiger partial charge in [0, 0.05) is 17.5 Å². The Hall–Kier alpha value is -1.13. The van der Waals surface area contributed by atoms with Crippen molar-refractivity contribution in [1.29, 1.82) is 0 Å². The monoisotopic (exact) mass is 343 g/mol. The van der Waals surface area contributed by atoms with Gasteiger partial charge in [0.15, 0.2) is 0 Å². The molecule has 8 nitrogen and oxygen atoms in total. The second-order valence-corrected chi connectivity index (χ2v) is 8.63. The lowest BCUT2D eigenvalue weighted by atomic mass is 9.84. The Balaban J connectivity index is 1.80. The van der Waals surface area contributed by atoms with Crippen LogP contribution in [0.15, 0.2) is 15.2 Å². The predicted molar refractivity (Wildman–Crippen MR) is 84.8 cm³/mol. The van der Waals surface area contributed by atoms with Crippen molar-refractivity contribution in [2.24, 2.45) is 26.4 Å². The Morgan fingerprint density at radius 1 is 1.68 bits per heavy atom. The number of rotatable bonds is 4. The van der Waals surface area contributed by atoms with Gasteiger partial charge in [-0.05, 0) is 6.92 Å². The molecule has 4 unspecified atom stereocenters. The van der Waals surface area contributed by atoms with Crippen molar-refractivity contribution in [3.63, 3.8) is 0 Å². The summed E-state index contributed by atoms with van der Waals surface area (Å²) < 4.78 is 0. The van der Waals surface area contributed by atoms with Crippen molar-refractivity contribution in [2.75, 3.05) is 12.3 Å². The minimum Gasteiger partial charge on any atom is -0.481 e. The second kappa shape index (κ2) is 5.20. The zero-order chi connectivity index (χ0) is 16.1. The molecule has 3 aliphatic rings. The third-order valence-electron chi connectivity index (χ3n) is 4.34. The number of thioether (sulfide) groups is 2. The highest BCUT2D eigenvalue weighted by Crippen LogP contribution is 2.49. The number of aliphatic imine (C=N–C) groups is 1. The number of amides is 1. The number of fused-ring (bicyclic) bond motifs is 1. The Morgan fingerprint density at radius 2 is 2.41 bits per heavy atom. The minimum atomic E-state index is -1.04. The summed E-state index contributed by atoms with van der Waals surface area (Å²) in [7, 11) is 0. The molecule has 2 saturated heterocycles. The summed E-state index contributed by atoms with van der Waals surface area (Å²) in [6.45, 7) is 3.82. The average Bonchev–Trinajstić information content (AvgIpc) is 2.91. The van der Waals surface area contributed by atoms with Gasteiger partial charge in [0.25, 0.3) is 0 Å². The minimum absolute atomic E-state index is 0.100. The highest BCUT2D eigenvalue weighted by atomic mass is 32.2. The number of nitrogens with zero attached hydrogens (tertiary/aromatic N) is 4. The van der Waals surface area contributed by atoms with Crippen LogP contribution >= 0.6 is 23.5 Å². The fourth-order valence-electron chi connectivity index (χ4n) is 2.84. The fourth-order valence-corrected chi connectivity index (χ4v) is 5.92. The normalized spacial score (nSPS) is 41.2. The van der Waals surface area contributed by atoms with Crippen molar-refractivity contribution >= 4 is 41.7 Å². The van der Waals surface area contributed by atoms with Crippen LogP contribution in [0.25, 0.3) is 0 Å². The van der Waals surface area contributed by atoms with E-state index in [0.717, 1.165) is 0 Å². The molecule has 0 aromatic heterocycles. The van der Waals surface area contributed by atoms with Crippen molar-refractivity contribution in [2.45, 2.75) is 35.5 Å². The number of carbonyl (C=O) groups excluding carboxylic acids is 1. The zero-order valence-corrected chi connectivity index (χ0v) is 13.8. The van der Waals surface area contributed by atoms with Crippen LogP contribution in [0.1, 0.15) is 13.8 Å². The van der Waals surface area contributed by atoms with E-state index < -0.39 is 22.4 Å². The van der Waals surface area contributed by atoms with Crippen LogP contribution in [0.4, 0.5) is 0 Å². The Morgan fingerprint density at radius 3 is 3.00 bits per heavy atom. The van der Waals surface area contributed by atoms with E-state index in [2.05, 4.69) is 15.2 Å². The first-order chi connectivity index (χ1) is 10.3. The molecule has 3 heterocycles. The molecule has 0 aromatic carbocycles. The largest absolute Gasteiger partial charge is 0.481 e. The Kier molecular flexibility index (Phi) is 3.73. The molecule has 0 bridgehead atoms. The fraction of sp³-hybridized carbons (Fsp3) is 0.750. The van der Waals surface area contributed by atoms with E-state index >= 15 is 0 Å². The number of aliphatic carboxylic acids is 1. The molecule has 0 aliphatic carbocycles. The van der Waals surface area contributed by atoms with Gasteiger partial charge in [0.05, 0.1) is 0 Å². The quantitative estimate of drug-likeness (QED) is 0.721. The molecule has 2 fully saturated rings. The number of nitrogens with two attached hydrogens (primary N) is 1. The van der Waals surface area contributed by atoms with E-state index in [-0.39, 0.29) is 23.1 Å². The van der Waals surface area contributed by atoms with Gasteiger partial charge >= 0.3 is 5.97 Å². The maximum atomic E-state index is 12.0. The van der Waals surface area contributed by atoms with E-state index in [4.69, 9.17) is 5.73 Å². The third-order valence-corrected chi connectivity index (χ3v) is 7.35. The first kappa shape index (κ1) is 15.8. The van der Waals surface area contributed by atoms with E-state index in [9.17, 15) is 14.7 Å². The number of hydrogen-bond donors (Lipinski definition) is 2. The van der Waals surface area contributed by atoms with Gasteiger partial charge in [0.1, 0.15) is 23.2 Å². The van der Waals surface area contributed by atoms with Gasteiger partial charge in [-0.15, -0.1) is 33.8 Å². The van der Waals surface area contributed by atoms with Crippen molar-refractivity contribution in [3.8, 4) is 0 Å². The number of carbonyl (C=O) groups is 2. The molecule has 3 rings (SSSR count). The van der Waals surface area contributed by atoms with Crippen LogP contribution in [0, 0.1) is 5.41 Å². The SMILES string of the molecule is CC(SC1(C)N=CN=N1)C1(C(=O)O)CS[C@@H]2C(N)C(=O)N2C1. The maximum absolute atomic E-state index is 12.0. The van der Waals surface area contributed by atoms with Crippen LogP contribution in [0.3, 0.4) is 0 Å². The smallest absolute Gasteiger partial charge is 0.313 e. The summed E-state index contributed by atoms with van der Waals surface area (Å²) in [4.78, 5) is 28.8. The van der Waals surface area contributed by atoms with Crippen molar-refractivity contribution < 1.29 is 14.7 Å². The molecule has 22 heavy (non-hydrogen) atoms. The summed E-state index contributed by atoms with van der Waals surface area (Å²) in [6.07, 6.45) is 1.37. The van der Waals surface area contributed by atoms with E-state index in [1.54, 1.807) is 11.8 Å². The molecule has 0 aromatic rings. The standard InChI is InChI=1S/C12H17N5O3S2/c1-6(22-11(2)14-5-15-16-11)12(10(19)20)3-17-8(18)7(13)9(17)21-4-12/h5-7,9H,3-4,13H2,1-2H3,(H,19,20)/t6?,7?,9-,11?,12?/m1/s1. The Labute approximate surface area is 136 Å². The van der Waals surface area contributed by atoms with Crippen LogP contribution in [0.2, 0.25) is 0 Å². The van der Waals surface area contributed by atoms with Gasteiger partial charge in [-0.2, -0.15) is 0 Å². The molecule has 1 amide bonds. The van der Waals surface area contributed by atoms with Crippen LogP contribution in [-0.2, 0) is 9.59 Å². The van der Waals surface area contributed by atoms with Crippen LogP contribution < -0.4 is 5.73 Å². The molecule has 5 atom stereocenters. The molecule has 120 valence electrons. The van der Waals surface area contributed by atoms with Gasteiger partial charge in [0.2, 0.25) is 10.9 Å². The molecule has 0 radical (unpaired) electrons. The lowest BCUT2D eigenvalue weighted by molar-refractivity contribution is -0.156. The van der Waals surface area contributed by atoms with Crippen LogP contribution in [0.5, 0.6) is 0 Å². The summed E-state index contributed by atoms with van der Waals surface area (Å²) in [6, 6.07) is -0.509. The highest BCUT2D eigenvalue weighted by Gasteiger charge is 2.58. The van der Waals surface area contributed by atoms with E-state index in [1.807, 2.05) is 6.92 Å². The molecule has 10 heteroatoms. The molecule has 3 aliphatic heterocycles. The number of carboxylic acids is 1. The number of carboxylic acid groups (broad SMARTS) is 1. The predicted octanol–water partition coefficient (Wildman–Crippen LogP) is 0.589. The maximum Gasteiger partial charge on any atom is 0.313 e. The lowest BCUT2D eigenvalue weighted by Crippen LogP contribution is -2.73. The lowest BCUT2D eigenvalue weighted by Gasteiger charge is -2.54. The van der Waals surface area contributed by atoms with E-state index in [0.29, 0.717) is 5.75 Å². The van der Waals surface area contributed by atoms with Gasteiger partial charge < -0.3 is 15.7 Å². The molecule has 0 spiro atoms. The first-order valence-corrected chi connectivity index (χ1v) is 8.76. The average molecular weight is 343 g/mol. The summed E-state index contributed by atoms with van der Waals surface area (Å²) in [5.41, 5.74) is 4.72.